The number of anilines is 1. The van der Waals surface area contributed by atoms with Gasteiger partial charge in [-0.25, -0.2) is 0 Å². The molecule has 2 heterocycles. The maximum Gasteiger partial charge on any atom is 0.128 e. The van der Waals surface area contributed by atoms with Crippen LogP contribution in [0, 0.1) is 0 Å². The van der Waals surface area contributed by atoms with Crippen LogP contribution in [0.25, 0.3) is 0 Å². The van der Waals surface area contributed by atoms with Gasteiger partial charge in [-0.15, -0.1) is 0 Å². The highest BCUT2D eigenvalue weighted by molar-refractivity contribution is 5.35. The molecular formula is C10H14N2O4. The zero-order chi connectivity index (χ0) is 11.7. The van der Waals surface area contributed by atoms with Crippen LogP contribution >= 0.6 is 0 Å². The van der Waals surface area contributed by atoms with E-state index in [1.54, 1.807) is 12.1 Å². The molecule has 0 saturated carbocycles. The predicted octanol–water partition coefficient (Wildman–Crippen LogP) is -1.18. The molecule has 6 heteroatoms. The number of aliphatic hydroxyl groups excluding tert-OH is 3. The average Bonchev–Trinajstić information content (AvgIpc) is 2.57. The van der Waals surface area contributed by atoms with E-state index in [0.717, 1.165) is 0 Å². The number of nitrogens with two attached hydrogens (primary N) is 1. The van der Waals surface area contributed by atoms with Gasteiger partial charge in [0, 0.05) is 0 Å². The third-order valence-corrected chi connectivity index (χ3v) is 2.64. The zero-order valence-electron chi connectivity index (χ0n) is 8.52. The highest BCUT2D eigenvalue weighted by atomic mass is 16.6. The average molecular weight is 226 g/mol. The molecule has 16 heavy (non-hydrogen) atoms. The van der Waals surface area contributed by atoms with Crippen molar-refractivity contribution in [1.29, 1.82) is 0 Å². The molecule has 0 unspecified atom stereocenters. The largest absolute Gasteiger partial charge is 0.397 e. The van der Waals surface area contributed by atoms with E-state index in [0.29, 0.717) is 11.4 Å². The smallest absolute Gasteiger partial charge is 0.128 e. The summed E-state index contributed by atoms with van der Waals surface area (Å²) in [5, 5.41) is 28.2. The summed E-state index contributed by atoms with van der Waals surface area (Å²) >= 11 is 0. The van der Waals surface area contributed by atoms with Gasteiger partial charge in [0.25, 0.3) is 0 Å². The summed E-state index contributed by atoms with van der Waals surface area (Å²) < 4.78 is 5.31. The Hall–Kier alpha value is -1.21. The first-order valence-corrected chi connectivity index (χ1v) is 4.97. The van der Waals surface area contributed by atoms with Crippen LogP contribution in [0.2, 0.25) is 0 Å². The van der Waals surface area contributed by atoms with Crippen LogP contribution in [0.5, 0.6) is 0 Å². The molecule has 1 fully saturated rings. The maximum absolute atomic E-state index is 9.72. The van der Waals surface area contributed by atoms with Gasteiger partial charge in [0.2, 0.25) is 0 Å². The summed E-state index contributed by atoms with van der Waals surface area (Å²) in [5.41, 5.74) is 6.48. The molecule has 0 aromatic carbocycles. The lowest BCUT2D eigenvalue weighted by molar-refractivity contribution is -0.0239. The summed E-state index contributed by atoms with van der Waals surface area (Å²) in [7, 11) is 0. The SMILES string of the molecule is Nc1ccc([C@@H]2O[C@H](CO)[C@@H](O)[C@H]2O)nc1. The van der Waals surface area contributed by atoms with Gasteiger partial charge in [0.1, 0.15) is 24.4 Å². The van der Waals surface area contributed by atoms with Gasteiger partial charge in [-0.05, 0) is 12.1 Å². The summed E-state index contributed by atoms with van der Waals surface area (Å²) in [6.07, 6.45) is -2.25. The number of pyridine rings is 1. The molecule has 2 rings (SSSR count). The molecule has 1 aliphatic rings. The van der Waals surface area contributed by atoms with Crippen LogP contribution in [0.15, 0.2) is 18.3 Å². The van der Waals surface area contributed by atoms with E-state index in [1.807, 2.05) is 0 Å². The molecular weight excluding hydrogens is 212 g/mol. The van der Waals surface area contributed by atoms with Gasteiger partial charge in [-0.1, -0.05) is 0 Å². The first kappa shape index (κ1) is 11.3. The predicted molar refractivity (Wildman–Crippen MR) is 55.4 cm³/mol. The second-order valence-electron chi connectivity index (χ2n) is 3.78. The Morgan fingerprint density at radius 3 is 2.56 bits per heavy atom. The second kappa shape index (κ2) is 4.34. The van der Waals surface area contributed by atoms with Crippen LogP contribution in [-0.2, 0) is 4.74 Å². The van der Waals surface area contributed by atoms with Crippen LogP contribution < -0.4 is 5.73 Å². The molecule has 1 aromatic rings. The fourth-order valence-electron chi connectivity index (χ4n) is 1.73. The molecule has 6 nitrogen and oxygen atoms in total. The van der Waals surface area contributed by atoms with Crippen molar-refractivity contribution in [2.75, 3.05) is 12.3 Å². The van der Waals surface area contributed by atoms with E-state index in [2.05, 4.69) is 4.98 Å². The monoisotopic (exact) mass is 226 g/mol. The van der Waals surface area contributed by atoms with Gasteiger partial charge in [-0.2, -0.15) is 0 Å². The quantitative estimate of drug-likeness (QED) is 0.505. The molecule has 4 atom stereocenters. The first-order valence-electron chi connectivity index (χ1n) is 4.97. The molecule has 1 saturated heterocycles. The fraction of sp³-hybridized carbons (Fsp3) is 0.500. The summed E-state index contributed by atoms with van der Waals surface area (Å²) in [6, 6.07) is 3.26. The number of aliphatic hydroxyl groups is 3. The molecule has 0 amide bonds. The van der Waals surface area contributed by atoms with Gasteiger partial charge in [0.15, 0.2) is 0 Å². The summed E-state index contributed by atoms with van der Waals surface area (Å²) in [4.78, 5) is 4.01. The number of hydrogen-bond acceptors (Lipinski definition) is 6. The van der Waals surface area contributed by atoms with E-state index in [9.17, 15) is 10.2 Å². The second-order valence-corrected chi connectivity index (χ2v) is 3.78. The molecule has 88 valence electrons. The van der Waals surface area contributed by atoms with Crippen molar-refractivity contribution in [1.82, 2.24) is 4.98 Å². The van der Waals surface area contributed by atoms with Crippen LogP contribution in [0.4, 0.5) is 5.69 Å². The van der Waals surface area contributed by atoms with Crippen molar-refractivity contribution in [3.63, 3.8) is 0 Å². The Bertz CT molecular complexity index is 356. The minimum Gasteiger partial charge on any atom is -0.397 e. The maximum atomic E-state index is 9.72. The summed E-state index contributed by atoms with van der Waals surface area (Å²) in [5.74, 6) is 0. The standard InChI is InChI=1S/C10H14N2O4/c11-5-1-2-6(12-3-5)10-9(15)8(14)7(4-13)16-10/h1-3,7-10,13-15H,4,11H2/t7-,8-,9-,10+/m1/s1. The van der Waals surface area contributed by atoms with Crippen LogP contribution in [0.3, 0.4) is 0 Å². The number of rotatable bonds is 2. The van der Waals surface area contributed by atoms with Gasteiger partial charge >= 0.3 is 0 Å². The van der Waals surface area contributed by atoms with Crippen molar-refractivity contribution in [2.24, 2.45) is 0 Å². The highest BCUT2D eigenvalue weighted by Crippen LogP contribution is 2.32. The third-order valence-electron chi connectivity index (χ3n) is 2.64. The van der Waals surface area contributed by atoms with E-state index < -0.39 is 24.4 Å². The molecule has 0 aliphatic carbocycles. The van der Waals surface area contributed by atoms with Crippen LogP contribution in [0.1, 0.15) is 11.8 Å². The number of aromatic nitrogens is 1. The fourth-order valence-corrected chi connectivity index (χ4v) is 1.73. The van der Waals surface area contributed by atoms with Crippen molar-refractivity contribution < 1.29 is 20.1 Å². The van der Waals surface area contributed by atoms with Gasteiger partial charge < -0.3 is 25.8 Å². The van der Waals surface area contributed by atoms with E-state index >= 15 is 0 Å². The van der Waals surface area contributed by atoms with Gasteiger partial charge in [-0.3, -0.25) is 4.98 Å². The van der Waals surface area contributed by atoms with Gasteiger partial charge in [0.05, 0.1) is 24.2 Å². The Morgan fingerprint density at radius 2 is 2.06 bits per heavy atom. The molecule has 1 aliphatic heterocycles. The minimum absolute atomic E-state index is 0.344. The van der Waals surface area contributed by atoms with Crippen molar-refractivity contribution in [2.45, 2.75) is 24.4 Å². The van der Waals surface area contributed by atoms with Crippen molar-refractivity contribution in [3.8, 4) is 0 Å². The molecule has 0 radical (unpaired) electrons. The van der Waals surface area contributed by atoms with E-state index in [-0.39, 0.29) is 6.61 Å². The Balaban J connectivity index is 2.19. The number of ether oxygens (including phenoxy) is 1. The number of nitrogens with zero attached hydrogens (tertiary/aromatic N) is 1. The normalized spacial score (nSPS) is 34.2. The first-order chi connectivity index (χ1) is 7.63. The Morgan fingerprint density at radius 1 is 1.31 bits per heavy atom. The lowest BCUT2D eigenvalue weighted by Gasteiger charge is -2.13. The lowest BCUT2D eigenvalue weighted by atomic mass is 10.1. The minimum atomic E-state index is -1.10. The Labute approximate surface area is 92.3 Å². The van der Waals surface area contributed by atoms with Crippen molar-refractivity contribution >= 4 is 5.69 Å². The topological polar surface area (TPSA) is 109 Å². The van der Waals surface area contributed by atoms with Crippen LogP contribution in [-0.4, -0.2) is 45.2 Å². The van der Waals surface area contributed by atoms with Crippen molar-refractivity contribution in [3.05, 3.63) is 24.0 Å². The van der Waals surface area contributed by atoms with E-state index in [4.69, 9.17) is 15.6 Å². The zero-order valence-corrected chi connectivity index (χ0v) is 8.52. The Kier molecular flexibility index (Phi) is 3.06. The molecule has 0 bridgehead atoms. The molecule has 0 spiro atoms. The lowest BCUT2D eigenvalue weighted by Crippen LogP contribution is -2.32. The number of nitrogen functional groups attached to an aromatic ring is 1. The van der Waals surface area contributed by atoms with E-state index in [1.165, 1.54) is 6.20 Å². The molecule has 1 aromatic heterocycles. The molecule has 5 N–H and O–H groups in total. The third kappa shape index (κ3) is 1.88. The summed E-state index contributed by atoms with van der Waals surface area (Å²) in [6.45, 7) is -0.344. The highest BCUT2D eigenvalue weighted by Gasteiger charge is 2.43. The number of hydrogen-bond donors (Lipinski definition) is 4.